The molecule has 0 radical (unpaired) electrons. The fourth-order valence-electron chi connectivity index (χ4n) is 4.09. The molecule has 8 heteroatoms. The minimum atomic E-state index is -0.399. The number of benzene rings is 3. The van der Waals surface area contributed by atoms with E-state index in [0.717, 1.165) is 28.9 Å². The highest BCUT2D eigenvalue weighted by atomic mass is 32.1. The lowest BCUT2D eigenvalue weighted by molar-refractivity contribution is -0.384. The number of nitrogens with one attached hydrogen (secondary N) is 1. The van der Waals surface area contributed by atoms with Gasteiger partial charge in [-0.2, -0.15) is 0 Å². The predicted molar refractivity (Wildman–Crippen MR) is 135 cm³/mol. The Morgan fingerprint density at radius 2 is 1.82 bits per heavy atom. The molecule has 0 amide bonds. The monoisotopic (exact) mass is 470 g/mol. The smallest absolute Gasteiger partial charge is 0.294 e. The van der Waals surface area contributed by atoms with E-state index in [9.17, 15) is 10.1 Å². The van der Waals surface area contributed by atoms with Crippen LogP contribution in [0.5, 0.6) is 5.75 Å². The van der Waals surface area contributed by atoms with Crippen molar-refractivity contribution in [3.63, 3.8) is 0 Å². The SMILES string of the molecule is COc1ccccc1-c1csc(=Nc2ccccc2[N+](=O)[O-])n1CCc1c[nH]c2ccccc12. The molecule has 2 aromatic heterocycles. The van der Waals surface area contributed by atoms with Crippen molar-refractivity contribution in [3.8, 4) is 17.0 Å². The fourth-order valence-corrected chi connectivity index (χ4v) is 5.03. The molecule has 7 nitrogen and oxygen atoms in total. The number of rotatable bonds is 7. The highest BCUT2D eigenvalue weighted by molar-refractivity contribution is 7.07. The summed E-state index contributed by atoms with van der Waals surface area (Å²) in [6, 6.07) is 22.6. The first kappa shape index (κ1) is 21.7. The lowest BCUT2D eigenvalue weighted by Crippen LogP contribution is -2.17. The van der Waals surface area contributed by atoms with E-state index >= 15 is 0 Å². The topological polar surface area (TPSA) is 85.4 Å². The van der Waals surface area contributed by atoms with Gasteiger partial charge in [-0.15, -0.1) is 11.3 Å². The lowest BCUT2D eigenvalue weighted by atomic mass is 10.1. The van der Waals surface area contributed by atoms with Gasteiger partial charge in [-0.05, 0) is 36.2 Å². The predicted octanol–water partition coefficient (Wildman–Crippen LogP) is 6.09. The molecule has 3 aromatic carbocycles. The lowest BCUT2D eigenvalue weighted by Gasteiger charge is -2.12. The van der Waals surface area contributed by atoms with Crippen LogP contribution in [0.4, 0.5) is 11.4 Å². The molecule has 0 spiro atoms. The second-order valence-corrected chi connectivity index (χ2v) is 8.56. The van der Waals surface area contributed by atoms with Crippen LogP contribution in [0.1, 0.15) is 5.56 Å². The highest BCUT2D eigenvalue weighted by Gasteiger charge is 2.16. The summed E-state index contributed by atoms with van der Waals surface area (Å²) in [7, 11) is 1.65. The summed E-state index contributed by atoms with van der Waals surface area (Å²) in [5, 5.41) is 14.8. The van der Waals surface area contributed by atoms with E-state index < -0.39 is 4.92 Å². The van der Waals surface area contributed by atoms with Crippen LogP contribution >= 0.6 is 11.3 Å². The number of hydrogen-bond donors (Lipinski definition) is 1. The number of para-hydroxylation sites is 4. The van der Waals surface area contributed by atoms with Crippen LogP contribution in [0.3, 0.4) is 0 Å². The first-order chi connectivity index (χ1) is 16.7. The Labute approximate surface area is 199 Å². The summed E-state index contributed by atoms with van der Waals surface area (Å²) in [4.78, 5) is 19.9. The number of fused-ring (bicyclic) bond motifs is 1. The molecule has 0 unspecified atom stereocenters. The maximum absolute atomic E-state index is 11.5. The summed E-state index contributed by atoms with van der Waals surface area (Å²) < 4.78 is 7.72. The van der Waals surface area contributed by atoms with Crippen molar-refractivity contribution in [1.29, 1.82) is 0 Å². The quantitative estimate of drug-likeness (QED) is 0.231. The van der Waals surface area contributed by atoms with Gasteiger partial charge in [0.25, 0.3) is 5.69 Å². The van der Waals surface area contributed by atoms with E-state index in [0.29, 0.717) is 17.0 Å². The molecule has 0 fully saturated rings. The molecule has 0 aliphatic heterocycles. The average Bonchev–Trinajstić information content (AvgIpc) is 3.46. The molecule has 0 saturated heterocycles. The number of nitrogens with zero attached hydrogens (tertiary/aromatic N) is 3. The summed E-state index contributed by atoms with van der Waals surface area (Å²) in [6.45, 7) is 0.651. The maximum Gasteiger partial charge on any atom is 0.294 e. The van der Waals surface area contributed by atoms with Gasteiger partial charge in [0.1, 0.15) is 11.4 Å². The molecule has 1 N–H and O–H groups in total. The Balaban J connectivity index is 1.63. The first-order valence-electron chi connectivity index (χ1n) is 10.8. The number of aryl methyl sites for hydroxylation is 1. The maximum atomic E-state index is 11.5. The molecule has 0 aliphatic rings. The van der Waals surface area contributed by atoms with Crippen molar-refractivity contribution in [1.82, 2.24) is 9.55 Å². The Morgan fingerprint density at radius 1 is 1.06 bits per heavy atom. The van der Waals surface area contributed by atoms with Crippen LogP contribution in [0.25, 0.3) is 22.2 Å². The zero-order chi connectivity index (χ0) is 23.5. The third-order valence-electron chi connectivity index (χ3n) is 5.75. The van der Waals surface area contributed by atoms with Gasteiger partial charge < -0.3 is 14.3 Å². The molecule has 0 saturated carbocycles. The molecule has 0 atom stereocenters. The molecule has 5 aromatic rings. The van der Waals surface area contributed by atoms with Crippen molar-refractivity contribution in [3.05, 3.63) is 105 Å². The largest absolute Gasteiger partial charge is 0.496 e. The molecule has 2 heterocycles. The summed E-state index contributed by atoms with van der Waals surface area (Å²) >= 11 is 1.46. The number of thiazole rings is 1. The van der Waals surface area contributed by atoms with E-state index in [-0.39, 0.29) is 5.69 Å². The van der Waals surface area contributed by atoms with Crippen molar-refractivity contribution in [2.75, 3.05) is 7.11 Å². The van der Waals surface area contributed by atoms with E-state index in [1.165, 1.54) is 28.4 Å². The molecule has 0 aliphatic carbocycles. The molecule has 5 rings (SSSR count). The normalized spacial score (nSPS) is 11.7. The average molecular weight is 471 g/mol. The van der Waals surface area contributed by atoms with E-state index in [2.05, 4.69) is 21.7 Å². The van der Waals surface area contributed by atoms with Gasteiger partial charge in [-0.1, -0.05) is 42.5 Å². The first-order valence-corrected chi connectivity index (χ1v) is 11.7. The van der Waals surface area contributed by atoms with Crippen molar-refractivity contribution in [2.45, 2.75) is 13.0 Å². The third kappa shape index (κ3) is 4.11. The minimum absolute atomic E-state index is 0.0158. The molecular formula is C26H22N4O3S. The summed E-state index contributed by atoms with van der Waals surface area (Å²) in [5.74, 6) is 0.762. The Hall–Kier alpha value is -4.17. The number of methoxy groups -OCH3 is 1. The third-order valence-corrected chi connectivity index (χ3v) is 6.62. The zero-order valence-electron chi connectivity index (χ0n) is 18.5. The van der Waals surface area contributed by atoms with E-state index in [4.69, 9.17) is 9.73 Å². The van der Waals surface area contributed by atoms with Crippen molar-refractivity contribution in [2.24, 2.45) is 4.99 Å². The van der Waals surface area contributed by atoms with Crippen LogP contribution < -0.4 is 9.54 Å². The Bertz CT molecular complexity index is 1550. The number of ether oxygens (including phenoxy) is 1. The molecule has 34 heavy (non-hydrogen) atoms. The van der Waals surface area contributed by atoms with Crippen molar-refractivity contribution >= 4 is 33.6 Å². The van der Waals surface area contributed by atoms with Gasteiger partial charge in [0.15, 0.2) is 4.80 Å². The number of H-pyrrole nitrogens is 1. The van der Waals surface area contributed by atoms with Crippen LogP contribution in [0, 0.1) is 10.1 Å². The Morgan fingerprint density at radius 3 is 2.68 bits per heavy atom. The van der Waals surface area contributed by atoms with Crippen LogP contribution in [0.15, 0.2) is 89.4 Å². The standard InChI is InChI=1S/C26H22N4O3S/c1-33-25-13-7-3-9-20(25)24-17-34-26(28-22-11-5-6-12-23(22)30(31)32)29(24)15-14-18-16-27-21-10-4-2-8-19(18)21/h2-13,16-17,27H,14-15H2,1H3. The second-order valence-electron chi connectivity index (χ2n) is 7.72. The number of hydrogen-bond acceptors (Lipinski definition) is 5. The minimum Gasteiger partial charge on any atom is -0.496 e. The fraction of sp³-hybridized carbons (Fsp3) is 0.115. The highest BCUT2D eigenvalue weighted by Crippen LogP contribution is 2.31. The molecule has 0 bridgehead atoms. The van der Waals surface area contributed by atoms with Gasteiger partial charge >= 0.3 is 0 Å². The van der Waals surface area contributed by atoms with Gasteiger partial charge in [0.05, 0.1) is 17.7 Å². The number of aromatic nitrogens is 2. The summed E-state index contributed by atoms with van der Waals surface area (Å²) in [5.41, 5.74) is 4.53. The zero-order valence-corrected chi connectivity index (χ0v) is 19.3. The number of nitro benzene ring substituents is 1. The molecule has 170 valence electrons. The second kappa shape index (κ2) is 9.36. The Kier molecular flexibility index (Phi) is 5.97. The van der Waals surface area contributed by atoms with Crippen LogP contribution in [-0.4, -0.2) is 21.6 Å². The number of aromatic amines is 1. The van der Waals surface area contributed by atoms with Crippen molar-refractivity contribution < 1.29 is 9.66 Å². The van der Waals surface area contributed by atoms with Gasteiger partial charge in [0.2, 0.25) is 0 Å². The molecular weight excluding hydrogens is 448 g/mol. The van der Waals surface area contributed by atoms with Gasteiger partial charge in [-0.25, -0.2) is 4.99 Å². The number of nitro groups is 1. The van der Waals surface area contributed by atoms with Crippen LogP contribution in [0.2, 0.25) is 0 Å². The summed E-state index contributed by atoms with van der Waals surface area (Å²) in [6.07, 6.45) is 2.81. The van der Waals surface area contributed by atoms with Crippen LogP contribution in [-0.2, 0) is 13.0 Å². The van der Waals surface area contributed by atoms with E-state index in [1.54, 1.807) is 25.3 Å². The van der Waals surface area contributed by atoms with E-state index in [1.807, 2.05) is 48.0 Å². The van der Waals surface area contributed by atoms with Gasteiger partial charge in [-0.3, -0.25) is 10.1 Å². The van der Waals surface area contributed by atoms with Gasteiger partial charge in [0, 0.05) is 40.7 Å².